The molecule has 2 N–H and O–H groups in total. The summed E-state index contributed by atoms with van der Waals surface area (Å²) >= 11 is 0. The summed E-state index contributed by atoms with van der Waals surface area (Å²) < 4.78 is 13.4. The number of carbonyl (C=O) groups is 2. The number of nitrogens with one attached hydrogen (secondary N) is 1. The van der Waals surface area contributed by atoms with Crippen LogP contribution in [0.2, 0.25) is 0 Å². The van der Waals surface area contributed by atoms with Crippen LogP contribution >= 0.6 is 0 Å². The Morgan fingerprint density at radius 1 is 1.32 bits per heavy atom. The van der Waals surface area contributed by atoms with E-state index < -0.39 is 11.8 Å². The molecule has 2 atom stereocenters. The van der Waals surface area contributed by atoms with Gasteiger partial charge in [0.05, 0.1) is 12.3 Å². The van der Waals surface area contributed by atoms with Crippen molar-refractivity contribution in [1.29, 1.82) is 0 Å². The van der Waals surface area contributed by atoms with Gasteiger partial charge >= 0.3 is 5.97 Å². The van der Waals surface area contributed by atoms with Gasteiger partial charge in [0.25, 0.3) is 0 Å². The Hall–Kier alpha value is -1.91. The highest BCUT2D eigenvalue weighted by molar-refractivity contribution is 5.79. The lowest BCUT2D eigenvalue weighted by Gasteiger charge is -2.12. The van der Waals surface area contributed by atoms with Crippen LogP contribution in [-0.2, 0) is 16.0 Å². The van der Waals surface area contributed by atoms with Gasteiger partial charge in [-0.3, -0.25) is 9.59 Å². The molecule has 1 aliphatic rings. The zero-order chi connectivity index (χ0) is 13.8. The number of carbonyl (C=O) groups excluding carboxylic acids is 1. The molecule has 2 rings (SSSR count). The quantitative estimate of drug-likeness (QED) is 0.871. The number of benzene rings is 1. The Balaban J connectivity index is 1.86. The summed E-state index contributed by atoms with van der Waals surface area (Å²) in [6.45, 7) is 0. The fourth-order valence-electron chi connectivity index (χ4n) is 2.43. The SMILES string of the molecule is O=C(Cc1ccccc1F)N[C@@H]1CC[C@@H](C(=O)O)C1. The van der Waals surface area contributed by atoms with Gasteiger partial charge in [-0.15, -0.1) is 0 Å². The summed E-state index contributed by atoms with van der Waals surface area (Å²) in [4.78, 5) is 22.6. The lowest BCUT2D eigenvalue weighted by Crippen LogP contribution is -2.34. The molecule has 0 bridgehead atoms. The molecule has 0 aliphatic heterocycles. The first kappa shape index (κ1) is 13.5. The van der Waals surface area contributed by atoms with E-state index in [4.69, 9.17) is 5.11 Å². The Morgan fingerprint density at radius 2 is 2.05 bits per heavy atom. The Kier molecular flexibility index (Phi) is 4.14. The van der Waals surface area contributed by atoms with Crippen LogP contribution in [0.4, 0.5) is 4.39 Å². The molecule has 0 aromatic heterocycles. The number of carboxylic acid groups (broad SMARTS) is 1. The average Bonchev–Trinajstić information content (AvgIpc) is 2.80. The zero-order valence-corrected chi connectivity index (χ0v) is 10.4. The number of amides is 1. The van der Waals surface area contributed by atoms with Crippen molar-refractivity contribution in [3.63, 3.8) is 0 Å². The molecule has 0 saturated heterocycles. The third kappa shape index (κ3) is 3.53. The second-order valence-electron chi connectivity index (χ2n) is 4.88. The van der Waals surface area contributed by atoms with Gasteiger partial charge in [0.15, 0.2) is 0 Å². The van der Waals surface area contributed by atoms with Crippen molar-refractivity contribution in [3.05, 3.63) is 35.6 Å². The van der Waals surface area contributed by atoms with Crippen LogP contribution in [0, 0.1) is 11.7 Å². The number of rotatable bonds is 4. The van der Waals surface area contributed by atoms with Crippen molar-refractivity contribution in [1.82, 2.24) is 5.32 Å². The topological polar surface area (TPSA) is 66.4 Å². The van der Waals surface area contributed by atoms with Gasteiger partial charge in [-0.05, 0) is 30.9 Å². The standard InChI is InChI=1S/C14H16FNO3/c15-12-4-2-1-3-9(12)8-13(17)16-11-6-5-10(7-11)14(18)19/h1-4,10-11H,5-8H2,(H,16,17)(H,18,19)/t10-,11-/m1/s1. The molecular weight excluding hydrogens is 249 g/mol. The van der Waals surface area contributed by atoms with Crippen LogP contribution in [0.25, 0.3) is 0 Å². The highest BCUT2D eigenvalue weighted by atomic mass is 19.1. The Bertz CT molecular complexity index is 489. The van der Waals surface area contributed by atoms with Crippen molar-refractivity contribution >= 4 is 11.9 Å². The van der Waals surface area contributed by atoms with Crippen LogP contribution in [0.1, 0.15) is 24.8 Å². The first-order valence-electron chi connectivity index (χ1n) is 6.32. The number of hydrogen-bond donors (Lipinski definition) is 2. The van der Waals surface area contributed by atoms with Crippen molar-refractivity contribution < 1.29 is 19.1 Å². The highest BCUT2D eigenvalue weighted by Crippen LogP contribution is 2.25. The smallest absolute Gasteiger partial charge is 0.306 e. The summed E-state index contributed by atoms with van der Waals surface area (Å²) in [7, 11) is 0. The summed E-state index contributed by atoms with van der Waals surface area (Å²) in [6, 6.07) is 6.04. The highest BCUT2D eigenvalue weighted by Gasteiger charge is 2.30. The maximum absolute atomic E-state index is 13.4. The Morgan fingerprint density at radius 3 is 2.68 bits per heavy atom. The predicted molar refractivity (Wildman–Crippen MR) is 67.0 cm³/mol. The third-order valence-electron chi connectivity index (χ3n) is 3.46. The number of carboxylic acids is 1. The molecule has 1 saturated carbocycles. The van der Waals surface area contributed by atoms with E-state index in [1.165, 1.54) is 6.07 Å². The molecule has 1 fully saturated rings. The van der Waals surface area contributed by atoms with Gasteiger partial charge in [-0.1, -0.05) is 18.2 Å². The molecule has 4 nitrogen and oxygen atoms in total. The van der Waals surface area contributed by atoms with Crippen LogP contribution in [0.15, 0.2) is 24.3 Å². The van der Waals surface area contributed by atoms with E-state index in [1.807, 2.05) is 0 Å². The second-order valence-corrected chi connectivity index (χ2v) is 4.88. The fourth-order valence-corrected chi connectivity index (χ4v) is 2.43. The van der Waals surface area contributed by atoms with Gasteiger partial charge in [-0.2, -0.15) is 0 Å². The minimum Gasteiger partial charge on any atom is -0.481 e. The van der Waals surface area contributed by atoms with E-state index in [1.54, 1.807) is 18.2 Å². The summed E-state index contributed by atoms with van der Waals surface area (Å²) in [6.07, 6.45) is 1.69. The number of hydrogen-bond acceptors (Lipinski definition) is 2. The summed E-state index contributed by atoms with van der Waals surface area (Å²) in [5.41, 5.74) is 0.354. The van der Waals surface area contributed by atoms with E-state index in [0.29, 0.717) is 24.8 Å². The van der Waals surface area contributed by atoms with E-state index in [-0.39, 0.29) is 24.3 Å². The number of halogens is 1. The summed E-state index contributed by atoms with van der Waals surface area (Å²) in [5.74, 6) is -1.85. The van der Waals surface area contributed by atoms with Crippen LogP contribution in [0.5, 0.6) is 0 Å². The van der Waals surface area contributed by atoms with Crippen molar-refractivity contribution in [2.45, 2.75) is 31.7 Å². The molecule has 1 amide bonds. The molecule has 5 heteroatoms. The van der Waals surface area contributed by atoms with E-state index in [0.717, 1.165) is 0 Å². The first-order valence-corrected chi connectivity index (χ1v) is 6.32. The maximum Gasteiger partial charge on any atom is 0.306 e. The zero-order valence-electron chi connectivity index (χ0n) is 10.4. The monoisotopic (exact) mass is 265 g/mol. The minimum atomic E-state index is -0.814. The van der Waals surface area contributed by atoms with Crippen molar-refractivity contribution in [2.24, 2.45) is 5.92 Å². The lowest BCUT2D eigenvalue weighted by molar-refractivity contribution is -0.141. The van der Waals surface area contributed by atoms with Gasteiger partial charge in [0.2, 0.25) is 5.91 Å². The van der Waals surface area contributed by atoms with Crippen LogP contribution in [0.3, 0.4) is 0 Å². The molecule has 19 heavy (non-hydrogen) atoms. The average molecular weight is 265 g/mol. The molecule has 0 spiro atoms. The summed E-state index contributed by atoms with van der Waals surface area (Å²) in [5, 5.41) is 11.6. The van der Waals surface area contributed by atoms with E-state index in [2.05, 4.69) is 5.32 Å². The first-order chi connectivity index (χ1) is 9.06. The van der Waals surface area contributed by atoms with E-state index >= 15 is 0 Å². The van der Waals surface area contributed by atoms with Crippen LogP contribution < -0.4 is 5.32 Å². The molecule has 1 aromatic rings. The van der Waals surface area contributed by atoms with Gasteiger partial charge in [0.1, 0.15) is 5.82 Å². The molecule has 0 heterocycles. The van der Waals surface area contributed by atoms with Crippen molar-refractivity contribution in [3.8, 4) is 0 Å². The van der Waals surface area contributed by atoms with Gasteiger partial charge in [0, 0.05) is 6.04 Å². The lowest BCUT2D eigenvalue weighted by atomic mass is 10.1. The van der Waals surface area contributed by atoms with Gasteiger partial charge < -0.3 is 10.4 Å². The molecule has 0 radical (unpaired) electrons. The fraction of sp³-hybridized carbons (Fsp3) is 0.429. The second kappa shape index (κ2) is 5.82. The minimum absolute atomic E-state index is 0.0130. The van der Waals surface area contributed by atoms with Gasteiger partial charge in [-0.25, -0.2) is 4.39 Å². The van der Waals surface area contributed by atoms with E-state index in [9.17, 15) is 14.0 Å². The largest absolute Gasteiger partial charge is 0.481 e. The molecule has 102 valence electrons. The molecular formula is C14H16FNO3. The van der Waals surface area contributed by atoms with Crippen LogP contribution in [-0.4, -0.2) is 23.0 Å². The van der Waals surface area contributed by atoms with Crippen molar-refractivity contribution in [2.75, 3.05) is 0 Å². The Labute approximate surface area is 110 Å². The maximum atomic E-state index is 13.4. The molecule has 1 aliphatic carbocycles. The third-order valence-corrected chi connectivity index (χ3v) is 3.46. The number of aliphatic carboxylic acids is 1. The molecule has 1 aromatic carbocycles. The normalized spacial score (nSPS) is 22.2. The molecule has 0 unspecified atom stereocenters. The predicted octanol–water partition coefficient (Wildman–Crippen LogP) is 1.74.